The van der Waals surface area contributed by atoms with E-state index >= 15 is 0 Å². The molecule has 0 aromatic carbocycles. The minimum atomic E-state index is -0.0762. The first-order chi connectivity index (χ1) is 8.81. The maximum absolute atomic E-state index is 9.08. The summed E-state index contributed by atoms with van der Waals surface area (Å²) in [7, 11) is 0. The van der Waals surface area contributed by atoms with Crippen LogP contribution in [0.1, 0.15) is 12.6 Å². The zero-order valence-electron chi connectivity index (χ0n) is 10.7. The zero-order valence-corrected chi connectivity index (χ0v) is 10.7. The molecule has 0 spiro atoms. The number of hydrogen-bond acceptors (Lipinski definition) is 6. The molecule has 100 valence electrons. The molecule has 2 N–H and O–H groups in total. The Balaban J connectivity index is 1.88. The molecule has 18 heavy (non-hydrogen) atoms. The van der Waals surface area contributed by atoms with Gasteiger partial charge in [0, 0.05) is 26.2 Å². The van der Waals surface area contributed by atoms with Crippen molar-refractivity contribution in [1.29, 1.82) is 0 Å². The van der Waals surface area contributed by atoms with E-state index in [1.807, 2.05) is 6.92 Å². The van der Waals surface area contributed by atoms with Crippen molar-refractivity contribution in [3.63, 3.8) is 0 Å². The lowest BCUT2D eigenvalue weighted by molar-refractivity contribution is -0.0554. The van der Waals surface area contributed by atoms with Crippen molar-refractivity contribution in [3.8, 4) is 0 Å². The zero-order chi connectivity index (χ0) is 12.8. The topological polar surface area (TPSA) is 70.5 Å². The van der Waals surface area contributed by atoms with E-state index in [1.165, 1.54) is 0 Å². The highest BCUT2D eigenvalue weighted by Gasteiger charge is 2.19. The van der Waals surface area contributed by atoms with Gasteiger partial charge in [0.2, 0.25) is 0 Å². The van der Waals surface area contributed by atoms with Gasteiger partial charge in [0.15, 0.2) is 0 Å². The molecule has 0 amide bonds. The number of morpholine rings is 1. The van der Waals surface area contributed by atoms with Crippen LogP contribution in [-0.2, 0) is 11.3 Å². The molecule has 1 aromatic rings. The minimum absolute atomic E-state index is 0.0710. The largest absolute Gasteiger partial charge is 0.394 e. The molecule has 6 heteroatoms. The van der Waals surface area contributed by atoms with Crippen molar-refractivity contribution in [2.75, 3.05) is 38.2 Å². The third-order valence-electron chi connectivity index (χ3n) is 2.88. The first-order valence-electron chi connectivity index (χ1n) is 6.31. The van der Waals surface area contributed by atoms with Crippen LogP contribution in [0.4, 0.5) is 5.82 Å². The number of ether oxygens (including phenoxy) is 1. The molecule has 0 saturated carbocycles. The monoisotopic (exact) mass is 252 g/mol. The number of anilines is 1. The van der Waals surface area contributed by atoms with Crippen molar-refractivity contribution in [2.45, 2.75) is 19.6 Å². The molecule has 2 heterocycles. The molecule has 1 aromatic heterocycles. The van der Waals surface area contributed by atoms with Crippen LogP contribution in [0.5, 0.6) is 0 Å². The van der Waals surface area contributed by atoms with Crippen LogP contribution in [0.15, 0.2) is 12.4 Å². The number of aliphatic hydroxyl groups is 1. The van der Waals surface area contributed by atoms with Gasteiger partial charge >= 0.3 is 0 Å². The van der Waals surface area contributed by atoms with Gasteiger partial charge in [0.25, 0.3) is 0 Å². The molecule has 2 rings (SSSR count). The van der Waals surface area contributed by atoms with Crippen molar-refractivity contribution in [3.05, 3.63) is 18.1 Å². The number of nitrogens with one attached hydrogen (secondary N) is 1. The Kier molecular flexibility index (Phi) is 4.86. The summed E-state index contributed by atoms with van der Waals surface area (Å²) in [5.41, 5.74) is 0.940. The fourth-order valence-corrected chi connectivity index (χ4v) is 1.97. The Morgan fingerprint density at radius 3 is 3.06 bits per heavy atom. The summed E-state index contributed by atoms with van der Waals surface area (Å²) < 4.78 is 5.41. The lowest BCUT2D eigenvalue weighted by atomic mass is 10.2. The molecule has 1 unspecified atom stereocenters. The molecule has 1 aliphatic heterocycles. The Labute approximate surface area is 107 Å². The van der Waals surface area contributed by atoms with E-state index in [9.17, 15) is 0 Å². The SMILES string of the molecule is CCNc1cnc(CN2CCOC(CO)C2)cn1. The second-order valence-electron chi connectivity index (χ2n) is 4.33. The first kappa shape index (κ1) is 13.2. The lowest BCUT2D eigenvalue weighted by Crippen LogP contribution is -2.43. The van der Waals surface area contributed by atoms with E-state index in [2.05, 4.69) is 20.2 Å². The number of aromatic nitrogens is 2. The Hall–Kier alpha value is -1.24. The van der Waals surface area contributed by atoms with Crippen molar-refractivity contribution < 1.29 is 9.84 Å². The smallest absolute Gasteiger partial charge is 0.144 e. The molecule has 0 radical (unpaired) electrons. The Bertz CT molecular complexity index is 358. The highest BCUT2D eigenvalue weighted by atomic mass is 16.5. The third kappa shape index (κ3) is 3.63. The van der Waals surface area contributed by atoms with Crippen LogP contribution in [0, 0.1) is 0 Å². The number of nitrogens with zero attached hydrogens (tertiary/aromatic N) is 3. The maximum atomic E-state index is 9.08. The van der Waals surface area contributed by atoms with E-state index in [1.54, 1.807) is 12.4 Å². The van der Waals surface area contributed by atoms with E-state index in [0.717, 1.165) is 37.7 Å². The molecular formula is C12H20N4O2. The van der Waals surface area contributed by atoms with Crippen LogP contribution in [0.2, 0.25) is 0 Å². The molecule has 6 nitrogen and oxygen atoms in total. The van der Waals surface area contributed by atoms with Gasteiger partial charge in [-0.3, -0.25) is 9.88 Å². The number of hydrogen-bond donors (Lipinski definition) is 2. The van der Waals surface area contributed by atoms with Gasteiger partial charge < -0.3 is 15.2 Å². The molecule has 0 aliphatic carbocycles. The standard InChI is InChI=1S/C12H20N4O2/c1-2-13-12-6-14-10(5-15-12)7-16-3-4-18-11(8-16)9-17/h5-6,11,17H,2-4,7-9H2,1H3,(H,13,15). The molecule has 1 fully saturated rings. The average Bonchev–Trinajstić information content (AvgIpc) is 2.42. The van der Waals surface area contributed by atoms with Crippen molar-refractivity contribution in [2.24, 2.45) is 0 Å². The average molecular weight is 252 g/mol. The van der Waals surface area contributed by atoms with Gasteiger partial charge in [-0.15, -0.1) is 0 Å². The van der Waals surface area contributed by atoms with E-state index in [-0.39, 0.29) is 12.7 Å². The van der Waals surface area contributed by atoms with Crippen molar-refractivity contribution >= 4 is 5.82 Å². The van der Waals surface area contributed by atoms with Crippen LogP contribution >= 0.6 is 0 Å². The molecule has 1 saturated heterocycles. The lowest BCUT2D eigenvalue weighted by Gasteiger charge is -2.31. The van der Waals surface area contributed by atoms with Gasteiger partial charge in [-0.25, -0.2) is 4.98 Å². The summed E-state index contributed by atoms with van der Waals surface area (Å²) in [6.45, 7) is 5.96. The summed E-state index contributed by atoms with van der Waals surface area (Å²) in [5, 5.41) is 12.2. The number of rotatable bonds is 5. The Morgan fingerprint density at radius 2 is 2.39 bits per heavy atom. The van der Waals surface area contributed by atoms with Crippen molar-refractivity contribution in [1.82, 2.24) is 14.9 Å². The van der Waals surface area contributed by atoms with Gasteiger partial charge in [-0.05, 0) is 6.92 Å². The fourth-order valence-electron chi connectivity index (χ4n) is 1.97. The highest BCUT2D eigenvalue weighted by Crippen LogP contribution is 2.09. The highest BCUT2D eigenvalue weighted by molar-refractivity contribution is 5.30. The van der Waals surface area contributed by atoms with Crippen LogP contribution in [0.3, 0.4) is 0 Å². The van der Waals surface area contributed by atoms with Crippen LogP contribution in [-0.4, -0.2) is 58.9 Å². The molecule has 1 atom stereocenters. The molecular weight excluding hydrogens is 232 g/mol. The summed E-state index contributed by atoms with van der Waals surface area (Å²) in [6.07, 6.45) is 3.47. The molecule has 1 aliphatic rings. The maximum Gasteiger partial charge on any atom is 0.144 e. The van der Waals surface area contributed by atoms with Gasteiger partial charge in [0.1, 0.15) is 5.82 Å². The predicted octanol–water partition coefficient (Wildman–Crippen LogP) is 0.101. The first-order valence-corrected chi connectivity index (χ1v) is 6.31. The number of aliphatic hydroxyl groups excluding tert-OH is 1. The van der Waals surface area contributed by atoms with Crippen LogP contribution in [0.25, 0.3) is 0 Å². The summed E-state index contributed by atoms with van der Waals surface area (Å²) in [6, 6.07) is 0. The van der Waals surface area contributed by atoms with E-state index < -0.39 is 0 Å². The fraction of sp³-hybridized carbons (Fsp3) is 0.667. The Morgan fingerprint density at radius 1 is 1.50 bits per heavy atom. The van der Waals surface area contributed by atoms with Gasteiger partial charge in [-0.1, -0.05) is 0 Å². The molecule has 0 bridgehead atoms. The second kappa shape index (κ2) is 6.63. The quantitative estimate of drug-likeness (QED) is 0.774. The minimum Gasteiger partial charge on any atom is -0.394 e. The summed E-state index contributed by atoms with van der Waals surface area (Å²) >= 11 is 0. The normalized spacial score (nSPS) is 20.9. The van der Waals surface area contributed by atoms with E-state index in [0.29, 0.717) is 6.61 Å². The predicted molar refractivity (Wildman–Crippen MR) is 68.3 cm³/mol. The summed E-state index contributed by atoms with van der Waals surface area (Å²) in [5.74, 6) is 0.802. The summed E-state index contributed by atoms with van der Waals surface area (Å²) in [4.78, 5) is 10.9. The third-order valence-corrected chi connectivity index (χ3v) is 2.88. The van der Waals surface area contributed by atoms with Gasteiger partial charge in [0.05, 0.1) is 37.4 Å². The van der Waals surface area contributed by atoms with E-state index in [4.69, 9.17) is 9.84 Å². The second-order valence-corrected chi connectivity index (χ2v) is 4.33. The van der Waals surface area contributed by atoms with Gasteiger partial charge in [-0.2, -0.15) is 0 Å². The van der Waals surface area contributed by atoms with Crippen LogP contribution < -0.4 is 5.32 Å².